The van der Waals surface area contributed by atoms with Crippen molar-refractivity contribution < 1.29 is 4.79 Å². The average molecular weight is 336 g/mol. The molecule has 0 spiro atoms. The summed E-state index contributed by atoms with van der Waals surface area (Å²) in [4.78, 5) is 15.7. The number of H-pyrrole nitrogens is 1. The maximum absolute atomic E-state index is 12.3. The monoisotopic (exact) mass is 335 g/mol. The van der Waals surface area contributed by atoms with Crippen LogP contribution in [0.4, 0.5) is 0 Å². The van der Waals surface area contributed by atoms with Crippen LogP contribution in [0.3, 0.4) is 0 Å². The molecule has 23 heavy (non-hydrogen) atoms. The van der Waals surface area contributed by atoms with Gasteiger partial charge in [-0.1, -0.05) is 37.5 Å². The molecule has 0 aliphatic heterocycles. The Morgan fingerprint density at radius 3 is 2.78 bits per heavy atom. The van der Waals surface area contributed by atoms with E-state index in [0.29, 0.717) is 6.54 Å². The summed E-state index contributed by atoms with van der Waals surface area (Å²) in [5.74, 6) is 0.0169. The minimum atomic E-state index is -0.644. The van der Waals surface area contributed by atoms with Crippen LogP contribution in [0, 0.1) is 6.92 Å². The molecule has 1 aromatic carbocycles. The molecule has 1 fully saturated rings. The lowest BCUT2D eigenvalue weighted by molar-refractivity contribution is -0.127. The van der Waals surface area contributed by atoms with Gasteiger partial charge >= 0.3 is 0 Å². The van der Waals surface area contributed by atoms with Crippen LogP contribution >= 0.6 is 12.4 Å². The highest BCUT2D eigenvalue weighted by atomic mass is 35.5. The van der Waals surface area contributed by atoms with Crippen LogP contribution in [0.15, 0.2) is 24.4 Å². The van der Waals surface area contributed by atoms with Gasteiger partial charge in [-0.15, -0.1) is 12.4 Å². The Kier molecular flexibility index (Phi) is 5.71. The zero-order valence-corrected chi connectivity index (χ0v) is 14.5. The number of nitrogens with one attached hydrogen (secondary N) is 2. The van der Waals surface area contributed by atoms with Crippen molar-refractivity contribution in [3.63, 3.8) is 0 Å². The number of hydrogen-bond donors (Lipinski definition) is 3. The van der Waals surface area contributed by atoms with Gasteiger partial charge in [-0.3, -0.25) is 4.79 Å². The fraction of sp³-hybridized carbons (Fsp3) is 0.500. The highest BCUT2D eigenvalue weighted by Gasteiger charge is 2.34. The Morgan fingerprint density at radius 1 is 1.30 bits per heavy atom. The van der Waals surface area contributed by atoms with E-state index in [9.17, 15) is 4.79 Å². The third-order valence-corrected chi connectivity index (χ3v) is 4.89. The van der Waals surface area contributed by atoms with E-state index < -0.39 is 5.54 Å². The highest BCUT2D eigenvalue weighted by Crippen LogP contribution is 2.26. The average Bonchev–Trinajstić information content (AvgIpc) is 2.93. The number of nitrogens with two attached hydrogens (primary N) is 1. The lowest BCUT2D eigenvalue weighted by Crippen LogP contribution is -2.55. The van der Waals surface area contributed by atoms with E-state index in [4.69, 9.17) is 5.73 Å². The summed E-state index contributed by atoms with van der Waals surface area (Å²) >= 11 is 0. The summed E-state index contributed by atoms with van der Waals surface area (Å²) in [6.07, 6.45) is 7.81. The summed E-state index contributed by atoms with van der Waals surface area (Å²) in [5, 5.41) is 4.28. The molecule has 0 atom stereocenters. The van der Waals surface area contributed by atoms with Gasteiger partial charge in [-0.2, -0.15) is 0 Å². The van der Waals surface area contributed by atoms with Gasteiger partial charge in [0.1, 0.15) is 0 Å². The number of para-hydroxylation sites is 1. The Morgan fingerprint density at radius 2 is 2.04 bits per heavy atom. The number of hydrogen-bond acceptors (Lipinski definition) is 2. The smallest absolute Gasteiger partial charge is 0.240 e. The van der Waals surface area contributed by atoms with Crippen LogP contribution in [0.1, 0.15) is 43.2 Å². The Hall–Kier alpha value is -1.52. The second kappa shape index (κ2) is 7.37. The minimum absolute atomic E-state index is 0. The number of benzene rings is 1. The number of aromatic nitrogens is 1. The molecule has 3 rings (SSSR count). The zero-order valence-electron chi connectivity index (χ0n) is 13.7. The SMILES string of the molecule is Cc1cccc2c(CCNC(=O)C3(N)CCCCC3)c[nH]c12.Cl. The van der Waals surface area contributed by atoms with Gasteiger partial charge < -0.3 is 16.0 Å². The van der Waals surface area contributed by atoms with Crippen molar-refractivity contribution in [3.8, 4) is 0 Å². The molecule has 1 heterocycles. The zero-order chi connectivity index (χ0) is 15.6. The number of halogens is 1. The van der Waals surface area contributed by atoms with Crippen molar-refractivity contribution >= 4 is 29.2 Å². The molecule has 1 amide bonds. The summed E-state index contributed by atoms with van der Waals surface area (Å²) in [7, 11) is 0. The van der Waals surface area contributed by atoms with E-state index in [1.165, 1.54) is 28.5 Å². The van der Waals surface area contributed by atoms with Crippen molar-refractivity contribution in [1.29, 1.82) is 0 Å². The maximum Gasteiger partial charge on any atom is 0.240 e. The molecule has 4 N–H and O–H groups in total. The molecular weight excluding hydrogens is 310 g/mol. The van der Waals surface area contributed by atoms with E-state index in [2.05, 4.69) is 35.4 Å². The molecule has 1 aliphatic carbocycles. The molecular formula is C18H26ClN3O. The van der Waals surface area contributed by atoms with Crippen molar-refractivity contribution in [2.75, 3.05) is 6.54 Å². The first-order valence-electron chi connectivity index (χ1n) is 8.23. The van der Waals surface area contributed by atoms with Gasteiger partial charge in [0.2, 0.25) is 5.91 Å². The van der Waals surface area contributed by atoms with Gasteiger partial charge in [0.25, 0.3) is 0 Å². The molecule has 5 heteroatoms. The summed E-state index contributed by atoms with van der Waals surface area (Å²) in [6.45, 7) is 2.74. The van der Waals surface area contributed by atoms with Crippen molar-refractivity contribution in [2.45, 2.75) is 51.0 Å². The molecule has 1 aliphatic rings. The van der Waals surface area contributed by atoms with Crippen molar-refractivity contribution in [2.24, 2.45) is 5.73 Å². The minimum Gasteiger partial charge on any atom is -0.361 e. The first-order chi connectivity index (χ1) is 10.6. The second-order valence-corrected chi connectivity index (χ2v) is 6.53. The fourth-order valence-electron chi connectivity index (χ4n) is 3.47. The number of carbonyl (C=O) groups excluding carboxylic acids is 1. The van der Waals surface area contributed by atoms with Crippen LogP contribution < -0.4 is 11.1 Å². The molecule has 1 aromatic heterocycles. The first-order valence-corrected chi connectivity index (χ1v) is 8.23. The first kappa shape index (κ1) is 17.8. The number of fused-ring (bicyclic) bond motifs is 1. The van der Waals surface area contributed by atoms with Gasteiger partial charge in [0.05, 0.1) is 5.54 Å². The maximum atomic E-state index is 12.3. The Balaban J connectivity index is 0.00000192. The van der Waals surface area contributed by atoms with E-state index in [-0.39, 0.29) is 18.3 Å². The predicted molar refractivity (Wildman–Crippen MR) is 97.0 cm³/mol. The van der Waals surface area contributed by atoms with Gasteiger partial charge in [-0.25, -0.2) is 0 Å². The third kappa shape index (κ3) is 3.70. The van der Waals surface area contributed by atoms with E-state index in [1.807, 2.05) is 6.20 Å². The molecule has 0 saturated heterocycles. The standard InChI is InChI=1S/C18H25N3O.ClH/c1-13-6-5-7-15-14(12-21-16(13)15)8-11-20-17(22)18(19)9-3-2-4-10-18;/h5-7,12,21H,2-4,8-11,19H2,1H3,(H,20,22);1H. The fourth-order valence-corrected chi connectivity index (χ4v) is 3.47. The lowest BCUT2D eigenvalue weighted by atomic mass is 9.82. The summed E-state index contributed by atoms with van der Waals surface area (Å²) in [6, 6.07) is 6.30. The van der Waals surface area contributed by atoms with Crippen molar-refractivity contribution in [3.05, 3.63) is 35.5 Å². The Labute approximate surface area is 143 Å². The molecule has 0 unspecified atom stereocenters. The molecule has 1 saturated carbocycles. The number of carbonyl (C=O) groups is 1. The third-order valence-electron chi connectivity index (χ3n) is 4.89. The number of rotatable bonds is 4. The normalized spacial score (nSPS) is 16.8. The molecule has 0 radical (unpaired) electrons. The van der Waals surface area contributed by atoms with Crippen LogP contribution in [-0.4, -0.2) is 23.0 Å². The Bertz CT molecular complexity index is 674. The van der Waals surface area contributed by atoms with Gasteiger partial charge in [0.15, 0.2) is 0 Å². The summed E-state index contributed by atoms with van der Waals surface area (Å²) in [5.41, 5.74) is 9.29. The van der Waals surface area contributed by atoms with Gasteiger partial charge in [0, 0.05) is 23.6 Å². The quantitative estimate of drug-likeness (QED) is 0.802. The number of amides is 1. The topological polar surface area (TPSA) is 70.9 Å². The number of aromatic amines is 1. The lowest BCUT2D eigenvalue weighted by Gasteiger charge is -2.31. The highest BCUT2D eigenvalue weighted by molar-refractivity contribution is 5.87. The molecule has 4 nitrogen and oxygen atoms in total. The summed E-state index contributed by atoms with van der Waals surface area (Å²) < 4.78 is 0. The molecule has 126 valence electrons. The molecule has 2 aromatic rings. The largest absolute Gasteiger partial charge is 0.361 e. The molecule has 0 bridgehead atoms. The van der Waals surface area contributed by atoms with Gasteiger partial charge in [-0.05, 0) is 37.3 Å². The predicted octanol–water partition coefficient (Wildman–Crippen LogP) is 3.22. The van der Waals surface area contributed by atoms with E-state index in [1.54, 1.807) is 0 Å². The van der Waals surface area contributed by atoms with Crippen LogP contribution in [0.5, 0.6) is 0 Å². The number of aryl methyl sites for hydroxylation is 1. The second-order valence-electron chi connectivity index (χ2n) is 6.53. The van der Waals surface area contributed by atoms with Crippen LogP contribution in [0.2, 0.25) is 0 Å². The van der Waals surface area contributed by atoms with Crippen LogP contribution in [-0.2, 0) is 11.2 Å². The van der Waals surface area contributed by atoms with E-state index in [0.717, 1.165) is 32.1 Å². The van der Waals surface area contributed by atoms with Crippen molar-refractivity contribution in [1.82, 2.24) is 10.3 Å². The van der Waals surface area contributed by atoms with Crippen LogP contribution in [0.25, 0.3) is 10.9 Å². The van der Waals surface area contributed by atoms with E-state index >= 15 is 0 Å².